The summed E-state index contributed by atoms with van der Waals surface area (Å²) in [6.07, 6.45) is 11.4. The molecule has 2 bridgehead atoms. The van der Waals surface area contributed by atoms with Gasteiger partial charge in [-0.3, -0.25) is 9.69 Å². The second-order valence-electron chi connectivity index (χ2n) is 11.9. The van der Waals surface area contributed by atoms with Crippen LogP contribution in [0, 0.1) is 6.92 Å². The van der Waals surface area contributed by atoms with Crippen molar-refractivity contribution in [3.05, 3.63) is 84.2 Å². The van der Waals surface area contributed by atoms with Crippen molar-refractivity contribution in [2.75, 3.05) is 19.6 Å². The molecule has 3 aliphatic rings. The van der Waals surface area contributed by atoms with E-state index in [4.69, 9.17) is 4.98 Å². The minimum absolute atomic E-state index is 0.0663. The number of carbonyl (C=O) groups is 1. The van der Waals surface area contributed by atoms with Crippen LogP contribution < -0.4 is 0 Å². The van der Waals surface area contributed by atoms with Gasteiger partial charge < -0.3 is 14.5 Å². The fourth-order valence-corrected chi connectivity index (χ4v) is 7.95. The number of H-pyrrole nitrogens is 1. The topological polar surface area (TPSA) is 70.1 Å². The van der Waals surface area contributed by atoms with Gasteiger partial charge in [0.1, 0.15) is 11.5 Å². The first-order chi connectivity index (χ1) is 19.1. The normalized spacial score (nSPS) is 24.8. The lowest BCUT2D eigenvalue weighted by Gasteiger charge is -2.45. The van der Waals surface area contributed by atoms with Crippen LogP contribution in [0.2, 0.25) is 0 Å². The average molecular weight is 523 g/mol. The van der Waals surface area contributed by atoms with E-state index in [2.05, 4.69) is 81.0 Å². The first kappa shape index (κ1) is 24.6. The van der Waals surface area contributed by atoms with Crippen molar-refractivity contribution in [1.29, 1.82) is 0 Å². The van der Waals surface area contributed by atoms with Gasteiger partial charge in [0.2, 0.25) is 0 Å². The van der Waals surface area contributed by atoms with E-state index in [0.717, 1.165) is 50.2 Å². The van der Waals surface area contributed by atoms with E-state index in [1.165, 1.54) is 36.8 Å². The smallest absolute Gasteiger partial charge is 0.271 e. The van der Waals surface area contributed by atoms with Crippen molar-refractivity contribution < 1.29 is 4.79 Å². The second kappa shape index (κ2) is 9.94. The number of para-hydroxylation sites is 2. The summed E-state index contributed by atoms with van der Waals surface area (Å²) in [6.45, 7) is 4.87. The lowest BCUT2D eigenvalue weighted by Crippen LogP contribution is -2.49. The molecule has 0 radical (unpaired) electrons. The van der Waals surface area contributed by atoms with Crippen LogP contribution in [0.3, 0.4) is 0 Å². The Hall–Kier alpha value is -3.45. The molecular weight excluding hydrogens is 484 g/mol. The largest absolute Gasteiger partial charge is 0.341 e. The van der Waals surface area contributed by atoms with Crippen molar-refractivity contribution in [1.82, 2.24) is 29.3 Å². The molecule has 3 aliphatic heterocycles. The van der Waals surface area contributed by atoms with Gasteiger partial charge in [0.25, 0.3) is 5.91 Å². The number of hydrogen-bond acceptors (Lipinski definition) is 4. The van der Waals surface area contributed by atoms with Gasteiger partial charge in [-0.05, 0) is 81.5 Å². The van der Waals surface area contributed by atoms with Crippen LogP contribution in [0.25, 0.3) is 11.0 Å². The summed E-state index contributed by atoms with van der Waals surface area (Å²) in [5, 5.41) is 0. The number of hydrogen-bond donors (Lipinski definition) is 1. The maximum atomic E-state index is 13.0. The number of aryl methyl sites for hydroxylation is 1. The lowest BCUT2D eigenvalue weighted by molar-refractivity contribution is 0.0602. The summed E-state index contributed by atoms with van der Waals surface area (Å²) < 4.78 is 2.52. The number of piperidine rings is 2. The first-order valence-corrected chi connectivity index (χ1v) is 14.6. The van der Waals surface area contributed by atoms with Crippen LogP contribution in [-0.2, 0) is 5.41 Å². The Morgan fingerprint density at radius 1 is 0.974 bits per heavy atom. The Morgan fingerprint density at radius 3 is 2.41 bits per heavy atom. The van der Waals surface area contributed by atoms with Gasteiger partial charge >= 0.3 is 0 Å². The molecule has 0 spiro atoms. The number of nitrogens with one attached hydrogen (secondary N) is 1. The fraction of sp³-hybridized carbons (Fsp3) is 0.469. The molecule has 3 saturated heterocycles. The summed E-state index contributed by atoms with van der Waals surface area (Å²) in [7, 11) is 0. The van der Waals surface area contributed by atoms with Crippen LogP contribution in [0.15, 0.2) is 67.1 Å². The van der Waals surface area contributed by atoms with E-state index in [0.29, 0.717) is 23.8 Å². The maximum absolute atomic E-state index is 13.0. The zero-order chi connectivity index (χ0) is 26.4. The minimum Gasteiger partial charge on any atom is -0.341 e. The Bertz CT molecular complexity index is 1420. The Balaban J connectivity index is 1.07. The van der Waals surface area contributed by atoms with Crippen molar-refractivity contribution in [2.24, 2.45) is 0 Å². The molecule has 2 aromatic heterocycles. The molecule has 5 heterocycles. The average Bonchev–Trinajstić information content (AvgIpc) is 3.68. The zero-order valence-electron chi connectivity index (χ0n) is 22.8. The number of amides is 1. The van der Waals surface area contributed by atoms with Crippen LogP contribution in [0.5, 0.6) is 0 Å². The molecular formula is C32H38N6O. The number of benzene rings is 2. The van der Waals surface area contributed by atoms with E-state index < -0.39 is 0 Å². The highest BCUT2D eigenvalue weighted by Crippen LogP contribution is 2.45. The monoisotopic (exact) mass is 522 g/mol. The van der Waals surface area contributed by atoms with Crippen LogP contribution >= 0.6 is 0 Å². The van der Waals surface area contributed by atoms with Crippen LogP contribution in [0.1, 0.15) is 72.9 Å². The molecule has 7 heteroatoms. The SMILES string of the molecule is Cc1nc2ccccc2n1C1CC2CCC(C1)N2CCC1(c2ccccc2)CCN(C(=O)c2cnc[nH]2)CC1. The molecule has 4 aromatic rings. The van der Waals surface area contributed by atoms with E-state index >= 15 is 0 Å². The number of nitrogens with zero attached hydrogens (tertiary/aromatic N) is 5. The standard InChI is InChI=1S/C32H38N6O/c1-23-35-28-9-5-6-10-30(28)38(23)27-19-25-11-12-26(20-27)37(25)18-15-32(24-7-3-2-4-8-24)13-16-36(17-14-32)31(39)29-21-33-22-34-29/h2-10,21-22,25-27H,11-20H2,1H3,(H,33,34). The molecule has 7 rings (SSSR count). The fourth-order valence-electron chi connectivity index (χ4n) is 7.95. The van der Waals surface area contributed by atoms with E-state index in [1.807, 2.05) is 4.90 Å². The summed E-state index contributed by atoms with van der Waals surface area (Å²) in [6, 6.07) is 21.5. The molecule has 2 unspecified atom stereocenters. The van der Waals surface area contributed by atoms with E-state index in [1.54, 1.807) is 12.5 Å². The van der Waals surface area contributed by atoms with Gasteiger partial charge in [-0.25, -0.2) is 9.97 Å². The third-order valence-corrected chi connectivity index (χ3v) is 9.97. The number of likely N-dealkylation sites (tertiary alicyclic amines) is 1. The highest BCUT2D eigenvalue weighted by atomic mass is 16.2. The number of imidazole rings is 2. The maximum Gasteiger partial charge on any atom is 0.271 e. The first-order valence-electron chi connectivity index (χ1n) is 14.6. The lowest BCUT2D eigenvalue weighted by atomic mass is 9.70. The molecule has 1 amide bonds. The predicted molar refractivity (Wildman–Crippen MR) is 153 cm³/mol. The molecule has 0 saturated carbocycles. The summed E-state index contributed by atoms with van der Waals surface area (Å²) in [5.74, 6) is 1.21. The zero-order valence-corrected chi connectivity index (χ0v) is 22.8. The van der Waals surface area contributed by atoms with Gasteiger partial charge in [-0.15, -0.1) is 0 Å². The van der Waals surface area contributed by atoms with Gasteiger partial charge in [0.05, 0.1) is 23.6 Å². The Labute approximate surface area is 230 Å². The molecule has 202 valence electrons. The van der Waals surface area contributed by atoms with Gasteiger partial charge in [-0.2, -0.15) is 0 Å². The number of fused-ring (bicyclic) bond motifs is 3. The molecule has 39 heavy (non-hydrogen) atoms. The third kappa shape index (κ3) is 4.37. The number of aromatic amines is 1. The number of rotatable bonds is 6. The van der Waals surface area contributed by atoms with Gasteiger partial charge in [-0.1, -0.05) is 42.5 Å². The minimum atomic E-state index is 0.0663. The molecule has 3 fully saturated rings. The van der Waals surface area contributed by atoms with Gasteiger partial charge in [0, 0.05) is 31.2 Å². The summed E-state index contributed by atoms with van der Waals surface area (Å²) >= 11 is 0. The molecule has 0 aliphatic carbocycles. The summed E-state index contributed by atoms with van der Waals surface area (Å²) in [4.78, 5) is 29.7. The Morgan fingerprint density at radius 2 is 1.69 bits per heavy atom. The van der Waals surface area contributed by atoms with E-state index in [9.17, 15) is 4.79 Å². The predicted octanol–water partition coefficient (Wildman–Crippen LogP) is 5.50. The number of aromatic nitrogens is 4. The highest BCUT2D eigenvalue weighted by molar-refractivity contribution is 5.92. The summed E-state index contributed by atoms with van der Waals surface area (Å²) in [5.41, 5.74) is 4.53. The second-order valence-corrected chi connectivity index (χ2v) is 11.9. The van der Waals surface area contributed by atoms with Crippen LogP contribution in [-0.4, -0.2) is 66.9 Å². The molecule has 1 N–H and O–H groups in total. The van der Waals surface area contributed by atoms with Crippen molar-refractivity contribution >= 4 is 16.9 Å². The third-order valence-electron chi connectivity index (χ3n) is 9.97. The van der Waals surface area contributed by atoms with Crippen molar-refractivity contribution in [3.8, 4) is 0 Å². The van der Waals surface area contributed by atoms with Gasteiger partial charge in [0.15, 0.2) is 0 Å². The van der Waals surface area contributed by atoms with Crippen molar-refractivity contribution in [2.45, 2.75) is 75.4 Å². The van der Waals surface area contributed by atoms with E-state index in [-0.39, 0.29) is 11.3 Å². The quantitative estimate of drug-likeness (QED) is 0.363. The Kier molecular flexibility index (Phi) is 6.26. The molecule has 7 nitrogen and oxygen atoms in total. The highest BCUT2D eigenvalue weighted by Gasteiger charge is 2.44. The molecule has 2 aromatic carbocycles. The molecule has 2 atom stereocenters. The number of carbonyl (C=O) groups excluding carboxylic acids is 1. The van der Waals surface area contributed by atoms with Crippen molar-refractivity contribution in [3.63, 3.8) is 0 Å². The van der Waals surface area contributed by atoms with Crippen LogP contribution in [0.4, 0.5) is 0 Å².